The van der Waals surface area contributed by atoms with E-state index in [9.17, 15) is 4.79 Å². The molecule has 1 aromatic rings. The number of unbranched alkanes of at least 4 members (excludes halogenated alkanes) is 1. The molecule has 0 fully saturated rings. The fourth-order valence-corrected chi connectivity index (χ4v) is 1.35. The topological polar surface area (TPSA) is 35.5 Å². The van der Waals surface area contributed by atoms with Crippen molar-refractivity contribution in [3.05, 3.63) is 29.3 Å². The van der Waals surface area contributed by atoms with Gasteiger partial charge in [-0.3, -0.25) is 0 Å². The summed E-state index contributed by atoms with van der Waals surface area (Å²) in [6, 6.07) is 5.48. The van der Waals surface area contributed by atoms with Crippen LogP contribution in [0.5, 0.6) is 5.75 Å². The highest BCUT2D eigenvalue weighted by Crippen LogP contribution is 2.21. The maximum absolute atomic E-state index is 11.5. The molecule has 0 aliphatic heterocycles. The molecule has 1 rings (SSSR count). The lowest BCUT2D eigenvalue weighted by Gasteiger charge is -2.10. The van der Waals surface area contributed by atoms with Crippen LogP contribution in [0.2, 0.25) is 0 Å². The first-order valence-electron chi connectivity index (χ1n) is 5.50. The molecule has 0 heterocycles. The number of carbonyl (C=O) groups excluding carboxylic acids is 1. The lowest BCUT2D eigenvalue weighted by atomic mass is 10.1. The number of hydrogen-bond acceptors (Lipinski definition) is 3. The Balaban J connectivity index is 2.85. The van der Waals surface area contributed by atoms with Gasteiger partial charge in [0.15, 0.2) is 0 Å². The maximum Gasteiger partial charge on any atom is 0.341 e. The largest absolute Gasteiger partial charge is 0.493 e. The van der Waals surface area contributed by atoms with Crippen molar-refractivity contribution in [2.45, 2.75) is 26.7 Å². The standard InChI is InChI=1S/C13H18O3/c1-4-5-8-16-12-9-10(2)6-7-11(12)13(14)15-3/h6-7,9H,4-5,8H2,1-3H3. The quantitative estimate of drug-likeness (QED) is 0.567. The van der Waals surface area contributed by atoms with E-state index in [1.54, 1.807) is 6.07 Å². The number of hydrogen-bond donors (Lipinski definition) is 0. The summed E-state index contributed by atoms with van der Waals surface area (Å²) in [6.45, 7) is 4.69. The molecule has 0 saturated carbocycles. The molecule has 88 valence electrons. The van der Waals surface area contributed by atoms with Gasteiger partial charge in [0, 0.05) is 0 Å². The second-order valence-corrected chi connectivity index (χ2v) is 3.69. The Morgan fingerprint density at radius 3 is 2.75 bits per heavy atom. The van der Waals surface area contributed by atoms with Crippen molar-refractivity contribution in [1.82, 2.24) is 0 Å². The van der Waals surface area contributed by atoms with Crippen molar-refractivity contribution in [2.24, 2.45) is 0 Å². The summed E-state index contributed by atoms with van der Waals surface area (Å²) in [5.41, 5.74) is 1.56. The fraction of sp³-hybridized carbons (Fsp3) is 0.462. The number of rotatable bonds is 5. The average molecular weight is 222 g/mol. The zero-order valence-electron chi connectivity index (χ0n) is 10.1. The normalized spacial score (nSPS) is 9.94. The minimum absolute atomic E-state index is 0.355. The lowest BCUT2D eigenvalue weighted by molar-refractivity contribution is 0.0596. The van der Waals surface area contributed by atoms with E-state index in [4.69, 9.17) is 9.47 Å². The zero-order valence-corrected chi connectivity index (χ0v) is 10.1. The Bertz CT molecular complexity index is 358. The van der Waals surface area contributed by atoms with E-state index >= 15 is 0 Å². The van der Waals surface area contributed by atoms with E-state index in [0.29, 0.717) is 17.9 Å². The molecule has 3 nitrogen and oxygen atoms in total. The van der Waals surface area contributed by atoms with E-state index in [-0.39, 0.29) is 5.97 Å². The predicted octanol–water partition coefficient (Wildman–Crippen LogP) is 2.96. The van der Waals surface area contributed by atoms with Crippen LogP contribution in [0.3, 0.4) is 0 Å². The number of carbonyl (C=O) groups is 1. The van der Waals surface area contributed by atoms with Gasteiger partial charge in [0.25, 0.3) is 0 Å². The van der Waals surface area contributed by atoms with Crippen molar-refractivity contribution in [3.8, 4) is 5.75 Å². The highest BCUT2D eigenvalue weighted by molar-refractivity contribution is 5.92. The molecular weight excluding hydrogens is 204 g/mol. The molecule has 0 bridgehead atoms. The van der Waals surface area contributed by atoms with Crippen molar-refractivity contribution in [1.29, 1.82) is 0 Å². The third-order valence-electron chi connectivity index (χ3n) is 2.30. The van der Waals surface area contributed by atoms with E-state index in [1.807, 2.05) is 19.1 Å². The van der Waals surface area contributed by atoms with Crippen LogP contribution in [0.1, 0.15) is 35.7 Å². The Kier molecular flexibility index (Phi) is 4.83. The van der Waals surface area contributed by atoms with Gasteiger partial charge in [-0.2, -0.15) is 0 Å². The molecule has 0 saturated heterocycles. The van der Waals surface area contributed by atoms with Gasteiger partial charge in [-0.1, -0.05) is 19.4 Å². The molecule has 0 atom stereocenters. The highest BCUT2D eigenvalue weighted by atomic mass is 16.5. The first kappa shape index (κ1) is 12.6. The van der Waals surface area contributed by atoms with Crippen LogP contribution in [-0.2, 0) is 4.74 Å². The Morgan fingerprint density at radius 1 is 1.38 bits per heavy atom. The van der Waals surface area contributed by atoms with E-state index < -0.39 is 0 Å². The first-order chi connectivity index (χ1) is 7.69. The van der Waals surface area contributed by atoms with Crippen LogP contribution in [0.4, 0.5) is 0 Å². The second-order valence-electron chi connectivity index (χ2n) is 3.69. The van der Waals surface area contributed by atoms with E-state index in [0.717, 1.165) is 18.4 Å². The summed E-state index contributed by atoms with van der Waals surface area (Å²) in [5.74, 6) is 0.256. The SMILES string of the molecule is CCCCOc1cc(C)ccc1C(=O)OC. The van der Waals surface area contributed by atoms with Crippen molar-refractivity contribution in [3.63, 3.8) is 0 Å². The number of methoxy groups -OCH3 is 1. The second kappa shape index (κ2) is 6.16. The fourth-order valence-electron chi connectivity index (χ4n) is 1.35. The first-order valence-corrected chi connectivity index (χ1v) is 5.50. The monoisotopic (exact) mass is 222 g/mol. The number of ether oxygens (including phenoxy) is 2. The summed E-state index contributed by atoms with van der Waals surface area (Å²) in [7, 11) is 1.37. The van der Waals surface area contributed by atoms with Gasteiger partial charge >= 0.3 is 5.97 Å². The van der Waals surface area contributed by atoms with Crippen LogP contribution in [0.15, 0.2) is 18.2 Å². The average Bonchev–Trinajstić information content (AvgIpc) is 2.29. The van der Waals surface area contributed by atoms with Crippen molar-refractivity contribution < 1.29 is 14.3 Å². The summed E-state index contributed by atoms with van der Waals surface area (Å²) >= 11 is 0. The van der Waals surface area contributed by atoms with Gasteiger partial charge in [-0.05, 0) is 31.0 Å². The summed E-state index contributed by atoms with van der Waals surface area (Å²) in [4.78, 5) is 11.5. The third-order valence-corrected chi connectivity index (χ3v) is 2.30. The molecule has 0 unspecified atom stereocenters. The van der Waals surface area contributed by atoms with Gasteiger partial charge in [0.05, 0.1) is 13.7 Å². The Labute approximate surface area is 96.4 Å². The number of benzene rings is 1. The molecule has 0 amide bonds. The molecule has 1 aromatic carbocycles. The van der Waals surface area contributed by atoms with Crippen LogP contribution in [0.25, 0.3) is 0 Å². The molecule has 3 heteroatoms. The number of aryl methyl sites for hydroxylation is 1. The summed E-state index contributed by atoms with van der Waals surface area (Å²) in [6.07, 6.45) is 2.05. The summed E-state index contributed by atoms with van der Waals surface area (Å²) < 4.78 is 10.3. The molecule has 0 aliphatic carbocycles. The van der Waals surface area contributed by atoms with Gasteiger partial charge in [0.1, 0.15) is 11.3 Å². The van der Waals surface area contributed by atoms with Crippen LogP contribution < -0.4 is 4.74 Å². The molecular formula is C13H18O3. The Hall–Kier alpha value is -1.51. The smallest absolute Gasteiger partial charge is 0.341 e. The van der Waals surface area contributed by atoms with Gasteiger partial charge in [-0.15, -0.1) is 0 Å². The maximum atomic E-state index is 11.5. The molecule has 16 heavy (non-hydrogen) atoms. The minimum atomic E-state index is -0.355. The highest BCUT2D eigenvalue weighted by Gasteiger charge is 2.12. The zero-order chi connectivity index (χ0) is 12.0. The van der Waals surface area contributed by atoms with Crippen molar-refractivity contribution >= 4 is 5.97 Å². The molecule has 0 radical (unpaired) electrons. The minimum Gasteiger partial charge on any atom is -0.493 e. The van der Waals surface area contributed by atoms with Crippen molar-refractivity contribution in [2.75, 3.05) is 13.7 Å². The molecule has 0 aliphatic rings. The molecule has 0 aromatic heterocycles. The molecule has 0 N–H and O–H groups in total. The van der Waals surface area contributed by atoms with Crippen LogP contribution in [-0.4, -0.2) is 19.7 Å². The Morgan fingerprint density at radius 2 is 2.12 bits per heavy atom. The van der Waals surface area contributed by atoms with Gasteiger partial charge < -0.3 is 9.47 Å². The van der Waals surface area contributed by atoms with E-state index in [2.05, 4.69) is 6.92 Å². The third kappa shape index (κ3) is 3.26. The lowest BCUT2D eigenvalue weighted by Crippen LogP contribution is -2.06. The van der Waals surface area contributed by atoms with E-state index in [1.165, 1.54) is 7.11 Å². The van der Waals surface area contributed by atoms with Gasteiger partial charge in [0.2, 0.25) is 0 Å². The van der Waals surface area contributed by atoms with Gasteiger partial charge in [-0.25, -0.2) is 4.79 Å². The van der Waals surface area contributed by atoms with Crippen LogP contribution in [0, 0.1) is 6.92 Å². The molecule has 0 spiro atoms. The number of esters is 1. The predicted molar refractivity (Wildman–Crippen MR) is 62.9 cm³/mol. The summed E-state index contributed by atoms with van der Waals surface area (Å²) in [5, 5.41) is 0. The van der Waals surface area contributed by atoms with Crippen LogP contribution >= 0.6 is 0 Å².